The first-order chi connectivity index (χ1) is 9.32. The third kappa shape index (κ3) is 2.33. The third-order valence-electron chi connectivity index (χ3n) is 3.96. The van der Waals surface area contributed by atoms with Gasteiger partial charge in [-0.2, -0.15) is 4.31 Å². The Kier molecular flexibility index (Phi) is 3.88. The Labute approximate surface area is 119 Å². The number of carbonyl (C=O) groups is 1. The van der Waals surface area contributed by atoms with Gasteiger partial charge in [0.05, 0.1) is 4.90 Å². The number of hydrogen-bond acceptors (Lipinski definition) is 3. The number of aliphatic carboxylic acids is 1. The van der Waals surface area contributed by atoms with Gasteiger partial charge in [-0.1, -0.05) is 19.1 Å². The summed E-state index contributed by atoms with van der Waals surface area (Å²) in [5.74, 6) is -1.09. The quantitative estimate of drug-likeness (QED) is 0.920. The van der Waals surface area contributed by atoms with Crippen molar-refractivity contribution in [2.75, 3.05) is 6.54 Å². The van der Waals surface area contributed by atoms with Crippen molar-refractivity contribution in [2.45, 2.75) is 43.5 Å². The fourth-order valence-corrected chi connectivity index (χ4v) is 4.37. The lowest BCUT2D eigenvalue weighted by Crippen LogP contribution is -2.50. The van der Waals surface area contributed by atoms with E-state index in [-0.39, 0.29) is 11.4 Å². The van der Waals surface area contributed by atoms with E-state index in [1.54, 1.807) is 24.3 Å². The summed E-state index contributed by atoms with van der Waals surface area (Å²) in [6.45, 7) is 3.71. The Bertz CT molecular complexity index is 609. The molecule has 5 nitrogen and oxygen atoms in total. The summed E-state index contributed by atoms with van der Waals surface area (Å²) < 4.78 is 26.3. The molecule has 1 N–H and O–H groups in total. The normalized spacial score (nSPS) is 23.9. The van der Waals surface area contributed by atoms with Crippen LogP contribution in [-0.4, -0.2) is 35.9 Å². The highest BCUT2D eigenvalue weighted by molar-refractivity contribution is 7.89. The van der Waals surface area contributed by atoms with Crippen LogP contribution in [0.1, 0.15) is 32.3 Å². The highest BCUT2D eigenvalue weighted by Crippen LogP contribution is 2.34. The smallest absolute Gasteiger partial charge is 0.324 e. The number of nitrogens with zero attached hydrogens (tertiary/aromatic N) is 1. The molecule has 1 aromatic rings. The number of sulfonamides is 1. The highest BCUT2D eigenvalue weighted by Gasteiger charge is 2.49. The van der Waals surface area contributed by atoms with Gasteiger partial charge in [0, 0.05) is 6.54 Å². The zero-order chi connectivity index (χ0) is 15.0. The predicted octanol–water partition coefficient (Wildman–Crippen LogP) is 1.88. The van der Waals surface area contributed by atoms with Crippen molar-refractivity contribution in [1.29, 1.82) is 0 Å². The molecule has 0 bridgehead atoms. The first-order valence-electron chi connectivity index (χ1n) is 6.67. The highest BCUT2D eigenvalue weighted by atomic mass is 32.2. The molecule has 0 amide bonds. The molecule has 1 aliphatic rings. The molecule has 1 aliphatic heterocycles. The maximum atomic E-state index is 12.6. The van der Waals surface area contributed by atoms with Gasteiger partial charge in [-0.05, 0) is 43.9 Å². The predicted molar refractivity (Wildman–Crippen MR) is 75.0 cm³/mol. The van der Waals surface area contributed by atoms with E-state index >= 15 is 0 Å². The Morgan fingerprint density at radius 3 is 2.45 bits per heavy atom. The fraction of sp³-hybridized carbons (Fsp3) is 0.500. The molecule has 6 heteroatoms. The van der Waals surface area contributed by atoms with Crippen LogP contribution in [0.4, 0.5) is 0 Å². The molecule has 0 spiro atoms. The van der Waals surface area contributed by atoms with Crippen LogP contribution in [0.2, 0.25) is 0 Å². The molecular formula is C14H19NO4S. The van der Waals surface area contributed by atoms with Crippen LogP contribution in [-0.2, 0) is 21.2 Å². The topological polar surface area (TPSA) is 74.7 Å². The SMILES string of the molecule is CCc1ccc(S(=O)(=O)N2CCCC2(C)C(=O)O)cc1. The molecule has 0 radical (unpaired) electrons. The van der Waals surface area contributed by atoms with Gasteiger partial charge in [-0.15, -0.1) is 0 Å². The van der Waals surface area contributed by atoms with Crippen LogP contribution in [0.3, 0.4) is 0 Å². The molecule has 1 aromatic carbocycles. The van der Waals surface area contributed by atoms with Gasteiger partial charge < -0.3 is 5.11 Å². The van der Waals surface area contributed by atoms with Crippen LogP contribution in [0.15, 0.2) is 29.2 Å². The average Bonchev–Trinajstić information content (AvgIpc) is 2.83. The molecule has 0 aliphatic carbocycles. The number of rotatable bonds is 4. The van der Waals surface area contributed by atoms with Gasteiger partial charge in [0.1, 0.15) is 5.54 Å². The van der Waals surface area contributed by atoms with Crippen molar-refractivity contribution in [1.82, 2.24) is 4.31 Å². The van der Waals surface area contributed by atoms with Crippen molar-refractivity contribution in [3.05, 3.63) is 29.8 Å². The van der Waals surface area contributed by atoms with Crippen molar-refractivity contribution < 1.29 is 18.3 Å². The minimum atomic E-state index is -3.76. The molecule has 1 heterocycles. The zero-order valence-corrected chi connectivity index (χ0v) is 12.5. The fourth-order valence-electron chi connectivity index (χ4n) is 2.56. The standard InChI is InChI=1S/C14H19NO4S/c1-3-11-5-7-12(8-6-11)20(18,19)15-10-4-9-14(15,2)13(16)17/h5-8H,3-4,9-10H2,1-2H3,(H,16,17). The summed E-state index contributed by atoms with van der Waals surface area (Å²) in [4.78, 5) is 11.6. The zero-order valence-electron chi connectivity index (χ0n) is 11.7. The van der Waals surface area contributed by atoms with E-state index in [1.165, 1.54) is 6.92 Å². The maximum absolute atomic E-state index is 12.6. The van der Waals surface area contributed by atoms with Gasteiger partial charge in [0.25, 0.3) is 0 Å². The van der Waals surface area contributed by atoms with E-state index in [4.69, 9.17) is 0 Å². The summed E-state index contributed by atoms with van der Waals surface area (Å²) in [6.07, 6.45) is 1.74. The minimum Gasteiger partial charge on any atom is -0.480 e. The van der Waals surface area contributed by atoms with E-state index in [1.807, 2.05) is 6.92 Å². The molecule has 110 valence electrons. The van der Waals surface area contributed by atoms with Gasteiger partial charge in [-0.3, -0.25) is 4.79 Å². The summed E-state index contributed by atoms with van der Waals surface area (Å²) >= 11 is 0. The van der Waals surface area contributed by atoms with Crippen LogP contribution in [0, 0.1) is 0 Å². The van der Waals surface area contributed by atoms with Gasteiger partial charge >= 0.3 is 5.97 Å². The number of carboxylic acids is 1. The van der Waals surface area contributed by atoms with E-state index in [0.29, 0.717) is 12.8 Å². The van der Waals surface area contributed by atoms with E-state index < -0.39 is 21.5 Å². The third-order valence-corrected chi connectivity index (χ3v) is 5.99. The number of carboxylic acid groups (broad SMARTS) is 1. The van der Waals surface area contributed by atoms with Gasteiger partial charge in [-0.25, -0.2) is 8.42 Å². The van der Waals surface area contributed by atoms with E-state index in [0.717, 1.165) is 16.3 Å². The molecular weight excluding hydrogens is 278 g/mol. The second-order valence-corrected chi connectivity index (χ2v) is 7.12. The molecule has 1 unspecified atom stereocenters. The Hall–Kier alpha value is -1.40. The Morgan fingerprint density at radius 1 is 1.35 bits per heavy atom. The minimum absolute atomic E-state index is 0.157. The molecule has 0 saturated carbocycles. The van der Waals surface area contributed by atoms with E-state index in [2.05, 4.69) is 0 Å². The lowest BCUT2D eigenvalue weighted by molar-refractivity contribution is -0.146. The molecule has 1 saturated heterocycles. The lowest BCUT2D eigenvalue weighted by Gasteiger charge is -2.30. The van der Waals surface area contributed by atoms with Crippen LogP contribution in [0.25, 0.3) is 0 Å². The van der Waals surface area contributed by atoms with Gasteiger partial charge in [0.15, 0.2) is 0 Å². The van der Waals surface area contributed by atoms with Crippen LogP contribution >= 0.6 is 0 Å². The van der Waals surface area contributed by atoms with Crippen LogP contribution in [0.5, 0.6) is 0 Å². The molecule has 2 rings (SSSR count). The van der Waals surface area contributed by atoms with Crippen molar-refractivity contribution in [2.24, 2.45) is 0 Å². The van der Waals surface area contributed by atoms with Crippen LogP contribution < -0.4 is 0 Å². The first kappa shape index (κ1) is 15.0. The summed E-state index contributed by atoms with van der Waals surface area (Å²) in [6, 6.07) is 6.63. The lowest BCUT2D eigenvalue weighted by atomic mass is 10.0. The number of benzene rings is 1. The van der Waals surface area contributed by atoms with Crippen molar-refractivity contribution >= 4 is 16.0 Å². The number of hydrogen-bond donors (Lipinski definition) is 1. The molecule has 1 atom stereocenters. The Balaban J connectivity index is 2.41. The van der Waals surface area contributed by atoms with E-state index in [9.17, 15) is 18.3 Å². The monoisotopic (exact) mass is 297 g/mol. The Morgan fingerprint density at radius 2 is 1.95 bits per heavy atom. The molecule has 0 aromatic heterocycles. The number of aryl methyl sites for hydroxylation is 1. The second kappa shape index (κ2) is 5.18. The van der Waals surface area contributed by atoms with Crippen molar-refractivity contribution in [3.8, 4) is 0 Å². The molecule has 1 fully saturated rings. The summed E-state index contributed by atoms with van der Waals surface area (Å²) in [5, 5.41) is 9.33. The van der Waals surface area contributed by atoms with Crippen molar-refractivity contribution in [3.63, 3.8) is 0 Å². The summed E-state index contributed by atoms with van der Waals surface area (Å²) in [7, 11) is -3.76. The summed E-state index contributed by atoms with van der Waals surface area (Å²) in [5.41, 5.74) is -0.297. The first-order valence-corrected chi connectivity index (χ1v) is 8.11. The second-order valence-electron chi connectivity index (χ2n) is 5.26. The average molecular weight is 297 g/mol. The van der Waals surface area contributed by atoms with Gasteiger partial charge in [0.2, 0.25) is 10.0 Å². The maximum Gasteiger partial charge on any atom is 0.324 e. The largest absolute Gasteiger partial charge is 0.480 e. The molecule has 20 heavy (non-hydrogen) atoms.